The molecule has 1 unspecified atom stereocenters. The Morgan fingerprint density at radius 1 is 1.24 bits per heavy atom. The Labute approximate surface area is 123 Å². The molecule has 0 aliphatic carbocycles. The SMILES string of the molecule is Cc1ccc2nc(N)n(C3CCOc4ccccc43)c2c1. The van der Waals surface area contributed by atoms with Crippen molar-refractivity contribution in [2.75, 3.05) is 12.3 Å². The van der Waals surface area contributed by atoms with Crippen molar-refractivity contribution in [1.82, 2.24) is 9.55 Å². The summed E-state index contributed by atoms with van der Waals surface area (Å²) in [7, 11) is 0. The number of imidazole rings is 1. The summed E-state index contributed by atoms with van der Waals surface area (Å²) in [5.41, 5.74) is 10.6. The first-order valence-corrected chi connectivity index (χ1v) is 7.20. The molecule has 4 nitrogen and oxygen atoms in total. The number of benzene rings is 2. The van der Waals surface area contributed by atoms with Crippen molar-refractivity contribution in [2.45, 2.75) is 19.4 Å². The lowest BCUT2D eigenvalue weighted by molar-refractivity contribution is 0.259. The smallest absolute Gasteiger partial charge is 0.201 e. The lowest BCUT2D eigenvalue weighted by Crippen LogP contribution is -2.21. The van der Waals surface area contributed by atoms with Gasteiger partial charge in [0.2, 0.25) is 5.95 Å². The number of aryl methyl sites for hydroxylation is 1. The van der Waals surface area contributed by atoms with Gasteiger partial charge in [-0.3, -0.25) is 0 Å². The normalized spacial score (nSPS) is 17.5. The standard InChI is InChI=1S/C17H17N3O/c1-11-6-7-13-15(10-11)20(17(18)19-13)14-8-9-21-16-5-3-2-4-12(14)16/h2-7,10,14H,8-9H2,1H3,(H2,18,19). The van der Waals surface area contributed by atoms with Crippen LogP contribution in [0.3, 0.4) is 0 Å². The summed E-state index contributed by atoms with van der Waals surface area (Å²) in [6.07, 6.45) is 0.903. The van der Waals surface area contributed by atoms with Crippen LogP contribution in [0.4, 0.5) is 5.95 Å². The molecule has 106 valence electrons. The third kappa shape index (κ3) is 1.87. The molecule has 0 fully saturated rings. The van der Waals surface area contributed by atoms with E-state index in [4.69, 9.17) is 10.5 Å². The fourth-order valence-electron chi connectivity index (χ4n) is 3.14. The van der Waals surface area contributed by atoms with Crippen LogP contribution >= 0.6 is 0 Å². The van der Waals surface area contributed by atoms with Crippen LogP contribution in [0.5, 0.6) is 5.75 Å². The Morgan fingerprint density at radius 2 is 2.10 bits per heavy atom. The third-order valence-electron chi connectivity index (χ3n) is 4.11. The molecule has 0 radical (unpaired) electrons. The molecule has 0 saturated heterocycles. The minimum atomic E-state index is 0.182. The van der Waals surface area contributed by atoms with Gasteiger partial charge in [-0.15, -0.1) is 0 Å². The van der Waals surface area contributed by atoms with Crippen LogP contribution in [0.15, 0.2) is 42.5 Å². The van der Waals surface area contributed by atoms with E-state index in [9.17, 15) is 0 Å². The highest BCUT2D eigenvalue weighted by Gasteiger charge is 2.25. The van der Waals surface area contributed by atoms with Crippen molar-refractivity contribution in [2.24, 2.45) is 0 Å². The van der Waals surface area contributed by atoms with Crippen molar-refractivity contribution < 1.29 is 4.74 Å². The second-order valence-corrected chi connectivity index (χ2v) is 5.52. The van der Waals surface area contributed by atoms with E-state index in [1.165, 1.54) is 11.1 Å². The van der Waals surface area contributed by atoms with E-state index in [1.807, 2.05) is 24.3 Å². The van der Waals surface area contributed by atoms with Gasteiger partial charge in [-0.2, -0.15) is 0 Å². The van der Waals surface area contributed by atoms with Gasteiger partial charge in [0.25, 0.3) is 0 Å². The molecule has 21 heavy (non-hydrogen) atoms. The minimum absolute atomic E-state index is 0.182. The van der Waals surface area contributed by atoms with Crippen LogP contribution in [-0.2, 0) is 0 Å². The zero-order valence-electron chi connectivity index (χ0n) is 11.9. The number of nitrogen functional groups attached to an aromatic ring is 1. The van der Waals surface area contributed by atoms with E-state index in [2.05, 4.69) is 34.7 Å². The van der Waals surface area contributed by atoms with Crippen molar-refractivity contribution in [3.05, 3.63) is 53.6 Å². The fraction of sp³-hybridized carbons (Fsp3) is 0.235. The van der Waals surface area contributed by atoms with E-state index in [0.29, 0.717) is 12.6 Å². The van der Waals surface area contributed by atoms with Crippen LogP contribution in [0, 0.1) is 6.92 Å². The van der Waals surface area contributed by atoms with Gasteiger partial charge >= 0.3 is 0 Å². The maximum absolute atomic E-state index is 6.20. The molecular formula is C17H17N3O. The molecule has 1 atom stereocenters. The Bertz CT molecular complexity index is 822. The summed E-state index contributed by atoms with van der Waals surface area (Å²) in [4.78, 5) is 4.50. The molecule has 3 aromatic rings. The molecule has 4 heteroatoms. The number of fused-ring (bicyclic) bond motifs is 2. The lowest BCUT2D eigenvalue weighted by atomic mass is 10.00. The summed E-state index contributed by atoms with van der Waals surface area (Å²) in [5.74, 6) is 1.51. The van der Waals surface area contributed by atoms with E-state index >= 15 is 0 Å². The molecule has 0 saturated carbocycles. The van der Waals surface area contributed by atoms with Gasteiger partial charge in [-0.05, 0) is 30.7 Å². The van der Waals surface area contributed by atoms with Gasteiger partial charge in [0.1, 0.15) is 5.75 Å². The van der Waals surface area contributed by atoms with Gasteiger partial charge < -0.3 is 15.0 Å². The number of aromatic nitrogens is 2. The predicted molar refractivity (Wildman–Crippen MR) is 83.6 cm³/mol. The fourth-order valence-corrected chi connectivity index (χ4v) is 3.14. The molecule has 2 heterocycles. The average molecular weight is 279 g/mol. The number of anilines is 1. The maximum Gasteiger partial charge on any atom is 0.201 e. The molecule has 2 aromatic carbocycles. The number of nitrogens with zero attached hydrogens (tertiary/aromatic N) is 2. The van der Waals surface area contributed by atoms with Gasteiger partial charge in [0, 0.05) is 12.0 Å². The first-order valence-electron chi connectivity index (χ1n) is 7.20. The Balaban J connectivity index is 1.95. The summed E-state index contributed by atoms with van der Waals surface area (Å²) in [6, 6.07) is 14.6. The number of rotatable bonds is 1. The molecule has 1 aliphatic heterocycles. The van der Waals surface area contributed by atoms with Gasteiger partial charge in [-0.25, -0.2) is 4.98 Å². The first kappa shape index (κ1) is 12.3. The average Bonchev–Trinajstić information content (AvgIpc) is 2.82. The summed E-state index contributed by atoms with van der Waals surface area (Å²) in [6.45, 7) is 2.79. The van der Waals surface area contributed by atoms with Crippen LogP contribution < -0.4 is 10.5 Å². The van der Waals surface area contributed by atoms with Crippen molar-refractivity contribution in [3.63, 3.8) is 0 Å². The molecule has 1 aromatic heterocycles. The number of hydrogen-bond donors (Lipinski definition) is 1. The van der Waals surface area contributed by atoms with E-state index in [-0.39, 0.29) is 6.04 Å². The highest BCUT2D eigenvalue weighted by atomic mass is 16.5. The predicted octanol–water partition coefficient (Wildman–Crippen LogP) is 3.30. The number of hydrogen-bond acceptors (Lipinski definition) is 3. The summed E-state index contributed by atoms with van der Waals surface area (Å²) >= 11 is 0. The highest BCUT2D eigenvalue weighted by molar-refractivity contribution is 5.79. The maximum atomic E-state index is 6.20. The Hall–Kier alpha value is -2.49. The Morgan fingerprint density at radius 3 is 3.00 bits per heavy atom. The molecule has 0 amide bonds. The Kier molecular flexibility index (Phi) is 2.64. The third-order valence-corrected chi connectivity index (χ3v) is 4.11. The van der Waals surface area contributed by atoms with Gasteiger partial charge in [0.15, 0.2) is 0 Å². The highest BCUT2D eigenvalue weighted by Crippen LogP contribution is 2.37. The first-order chi connectivity index (χ1) is 10.2. The second-order valence-electron chi connectivity index (χ2n) is 5.52. The molecular weight excluding hydrogens is 262 g/mol. The van der Waals surface area contributed by atoms with Crippen molar-refractivity contribution >= 4 is 17.0 Å². The van der Waals surface area contributed by atoms with Crippen LogP contribution in [-0.4, -0.2) is 16.2 Å². The van der Waals surface area contributed by atoms with Crippen LogP contribution in [0.1, 0.15) is 23.6 Å². The molecule has 0 spiro atoms. The van der Waals surface area contributed by atoms with Crippen LogP contribution in [0.25, 0.3) is 11.0 Å². The quantitative estimate of drug-likeness (QED) is 0.743. The van der Waals surface area contributed by atoms with Gasteiger partial charge in [-0.1, -0.05) is 24.3 Å². The van der Waals surface area contributed by atoms with E-state index in [1.54, 1.807) is 0 Å². The minimum Gasteiger partial charge on any atom is -0.493 e. The van der Waals surface area contributed by atoms with Gasteiger partial charge in [0.05, 0.1) is 23.7 Å². The zero-order chi connectivity index (χ0) is 14.4. The summed E-state index contributed by atoms with van der Waals surface area (Å²) < 4.78 is 7.90. The second kappa shape index (κ2) is 4.52. The molecule has 4 rings (SSSR count). The largest absolute Gasteiger partial charge is 0.493 e. The molecule has 1 aliphatic rings. The topological polar surface area (TPSA) is 53.1 Å². The van der Waals surface area contributed by atoms with Crippen LogP contribution in [0.2, 0.25) is 0 Å². The van der Waals surface area contributed by atoms with Crippen molar-refractivity contribution in [3.8, 4) is 5.75 Å². The molecule has 0 bridgehead atoms. The van der Waals surface area contributed by atoms with E-state index < -0.39 is 0 Å². The number of nitrogens with two attached hydrogens (primary N) is 1. The molecule has 2 N–H and O–H groups in total. The number of ether oxygens (including phenoxy) is 1. The van der Waals surface area contributed by atoms with E-state index in [0.717, 1.165) is 23.2 Å². The lowest BCUT2D eigenvalue weighted by Gasteiger charge is -2.28. The van der Waals surface area contributed by atoms with Crippen molar-refractivity contribution in [1.29, 1.82) is 0 Å². The zero-order valence-corrected chi connectivity index (χ0v) is 11.9. The summed E-state index contributed by atoms with van der Waals surface area (Å²) in [5, 5.41) is 0. The number of para-hydroxylation sites is 1. The monoisotopic (exact) mass is 279 g/mol.